The van der Waals surface area contributed by atoms with Crippen LogP contribution in [0.3, 0.4) is 0 Å². The van der Waals surface area contributed by atoms with Crippen molar-refractivity contribution in [1.29, 1.82) is 0 Å². The molecule has 0 bridgehead atoms. The predicted octanol–water partition coefficient (Wildman–Crippen LogP) is 2.20. The Bertz CT molecular complexity index is 400. The molecule has 188 valence electrons. The molecule has 9 heteroatoms. The number of likely N-dealkylation sites (N-methyl/N-ethyl adjacent to an activating group) is 1. The largest absolute Gasteiger partial charge is 0.378 e. The standard InChI is InChI=1S/C20H41FN2O6.C2H6/c1-17(2)19(24)23-16-18(21)20(3,4)29-15-14-28-13-12-27-11-10-26-9-8-25-7-6-22-5;1-2/h17-18,22H,6-16H2,1-5H3,(H,23,24);1-2H3. The Hall–Kier alpha value is -0.840. The molecule has 0 rings (SSSR count). The molecule has 0 saturated carbocycles. The van der Waals surface area contributed by atoms with E-state index in [1.807, 2.05) is 20.9 Å². The summed E-state index contributed by atoms with van der Waals surface area (Å²) in [6, 6.07) is 0. The van der Waals surface area contributed by atoms with E-state index in [9.17, 15) is 9.18 Å². The van der Waals surface area contributed by atoms with E-state index >= 15 is 0 Å². The van der Waals surface area contributed by atoms with Gasteiger partial charge in [0.2, 0.25) is 5.91 Å². The van der Waals surface area contributed by atoms with Gasteiger partial charge in [0.25, 0.3) is 0 Å². The Morgan fingerprint density at radius 1 is 0.839 bits per heavy atom. The van der Waals surface area contributed by atoms with Crippen LogP contribution in [0.4, 0.5) is 4.39 Å². The average molecular weight is 455 g/mol. The molecule has 0 saturated heterocycles. The monoisotopic (exact) mass is 454 g/mol. The van der Waals surface area contributed by atoms with Gasteiger partial charge in [-0.15, -0.1) is 0 Å². The molecule has 0 aromatic carbocycles. The topological polar surface area (TPSA) is 87.3 Å². The second kappa shape index (κ2) is 22.4. The molecule has 0 aromatic rings. The summed E-state index contributed by atoms with van der Waals surface area (Å²) >= 11 is 0. The second-order valence-electron chi connectivity index (χ2n) is 7.37. The third-order valence-electron chi connectivity index (χ3n) is 4.05. The molecular formula is C22H47FN2O6. The Balaban J connectivity index is 0. The second-order valence-corrected chi connectivity index (χ2v) is 7.37. The van der Waals surface area contributed by atoms with Crippen molar-refractivity contribution >= 4 is 5.91 Å². The summed E-state index contributed by atoms with van der Waals surface area (Å²) in [7, 11) is 1.88. The van der Waals surface area contributed by atoms with E-state index in [1.54, 1.807) is 27.7 Å². The van der Waals surface area contributed by atoms with Crippen molar-refractivity contribution in [3.8, 4) is 0 Å². The molecule has 0 aromatic heterocycles. The quantitative estimate of drug-likeness (QED) is 0.273. The third kappa shape index (κ3) is 20.8. The molecule has 0 spiro atoms. The zero-order chi connectivity index (χ0) is 24.0. The van der Waals surface area contributed by atoms with Crippen LogP contribution in [0.15, 0.2) is 0 Å². The Labute approximate surface area is 188 Å². The number of nitrogens with one attached hydrogen (secondary N) is 2. The van der Waals surface area contributed by atoms with Crippen LogP contribution >= 0.6 is 0 Å². The van der Waals surface area contributed by atoms with Gasteiger partial charge < -0.3 is 34.3 Å². The maximum atomic E-state index is 14.3. The molecular weight excluding hydrogens is 407 g/mol. The highest BCUT2D eigenvalue weighted by atomic mass is 19.1. The van der Waals surface area contributed by atoms with E-state index in [0.29, 0.717) is 52.9 Å². The highest BCUT2D eigenvalue weighted by Crippen LogP contribution is 2.17. The van der Waals surface area contributed by atoms with Crippen LogP contribution in [0, 0.1) is 5.92 Å². The molecule has 1 unspecified atom stereocenters. The van der Waals surface area contributed by atoms with E-state index in [0.717, 1.165) is 6.54 Å². The number of rotatable bonds is 20. The van der Waals surface area contributed by atoms with E-state index in [1.165, 1.54) is 0 Å². The van der Waals surface area contributed by atoms with Crippen molar-refractivity contribution in [1.82, 2.24) is 10.6 Å². The number of halogens is 1. The maximum Gasteiger partial charge on any atom is 0.222 e. The first kappa shape index (κ1) is 32.3. The smallest absolute Gasteiger partial charge is 0.222 e. The molecule has 1 amide bonds. The van der Waals surface area contributed by atoms with E-state index < -0.39 is 11.8 Å². The van der Waals surface area contributed by atoms with Gasteiger partial charge in [0.05, 0.1) is 71.6 Å². The molecule has 0 aliphatic carbocycles. The normalized spacial score (nSPS) is 12.4. The number of amides is 1. The van der Waals surface area contributed by atoms with E-state index in [4.69, 9.17) is 23.7 Å². The lowest BCUT2D eigenvalue weighted by Crippen LogP contribution is -2.45. The molecule has 0 heterocycles. The molecule has 0 aliphatic heterocycles. The van der Waals surface area contributed by atoms with Crippen molar-refractivity contribution < 1.29 is 32.9 Å². The van der Waals surface area contributed by atoms with Crippen LogP contribution in [0.25, 0.3) is 0 Å². The maximum absolute atomic E-state index is 14.3. The minimum Gasteiger partial charge on any atom is -0.378 e. The number of alkyl halides is 1. The first-order chi connectivity index (χ1) is 14.8. The summed E-state index contributed by atoms with van der Waals surface area (Å²) in [5.41, 5.74) is -1.00. The first-order valence-corrected chi connectivity index (χ1v) is 11.3. The van der Waals surface area contributed by atoms with Crippen molar-refractivity contribution in [2.24, 2.45) is 5.92 Å². The molecule has 8 nitrogen and oxygen atoms in total. The van der Waals surface area contributed by atoms with Gasteiger partial charge in [0.1, 0.15) is 6.17 Å². The molecule has 31 heavy (non-hydrogen) atoms. The van der Waals surface area contributed by atoms with E-state index in [2.05, 4.69) is 10.6 Å². The fourth-order valence-corrected chi connectivity index (χ4v) is 2.03. The van der Waals surface area contributed by atoms with Crippen molar-refractivity contribution in [2.75, 3.05) is 79.6 Å². The summed E-state index contributed by atoms with van der Waals surface area (Å²) in [6.07, 6.45) is -1.30. The van der Waals surface area contributed by atoms with Crippen molar-refractivity contribution in [3.05, 3.63) is 0 Å². The Kier molecular flexibility index (Phi) is 23.3. The van der Waals surface area contributed by atoms with Crippen molar-refractivity contribution in [2.45, 2.75) is 53.3 Å². The lowest BCUT2D eigenvalue weighted by Gasteiger charge is -2.29. The van der Waals surface area contributed by atoms with Crippen LogP contribution in [-0.4, -0.2) is 97.3 Å². The summed E-state index contributed by atoms with van der Waals surface area (Å²) in [5.74, 6) is -0.342. The first-order valence-electron chi connectivity index (χ1n) is 11.3. The number of hydrogen-bond donors (Lipinski definition) is 2. The minimum atomic E-state index is -1.30. The lowest BCUT2D eigenvalue weighted by atomic mass is 10.0. The van der Waals surface area contributed by atoms with Gasteiger partial charge in [-0.1, -0.05) is 27.7 Å². The Morgan fingerprint density at radius 3 is 1.68 bits per heavy atom. The van der Waals surface area contributed by atoms with Crippen LogP contribution in [0.2, 0.25) is 0 Å². The predicted molar refractivity (Wildman–Crippen MR) is 121 cm³/mol. The zero-order valence-electron chi connectivity index (χ0n) is 20.8. The third-order valence-corrected chi connectivity index (χ3v) is 4.05. The van der Waals surface area contributed by atoms with Gasteiger partial charge >= 0.3 is 0 Å². The SMILES string of the molecule is CC.CNCCOCCOCCOCCOCCOC(C)(C)C(F)CNC(=O)C(C)C. The summed E-state index contributed by atoms with van der Waals surface area (Å²) in [5, 5.41) is 5.58. The summed E-state index contributed by atoms with van der Waals surface area (Å²) < 4.78 is 41.3. The number of carbonyl (C=O) groups excluding carboxylic acids is 1. The summed E-state index contributed by atoms with van der Waals surface area (Å²) in [6.45, 7) is 15.9. The fraction of sp³-hybridized carbons (Fsp3) is 0.955. The average Bonchev–Trinajstić information content (AvgIpc) is 2.75. The summed E-state index contributed by atoms with van der Waals surface area (Å²) in [4.78, 5) is 11.5. The van der Waals surface area contributed by atoms with Gasteiger partial charge in [-0.05, 0) is 20.9 Å². The lowest BCUT2D eigenvalue weighted by molar-refractivity contribution is -0.125. The Morgan fingerprint density at radius 2 is 1.26 bits per heavy atom. The molecule has 2 N–H and O–H groups in total. The molecule has 0 fully saturated rings. The molecule has 0 aliphatic rings. The van der Waals surface area contributed by atoms with Gasteiger partial charge in [-0.25, -0.2) is 4.39 Å². The zero-order valence-corrected chi connectivity index (χ0v) is 20.8. The van der Waals surface area contributed by atoms with Gasteiger partial charge in [-0.3, -0.25) is 4.79 Å². The number of carbonyl (C=O) groups is 1. The fourth-order valence-electron chi connectivity index (χ4n) is 2.03. The van der Waals surface area contributed by atoms with Gasteiger partial charge in [-0.2, -0.15) is 0 Å². The highest BCUT2D eigenvalue weighted by molar-refractivity contribution is 5.77. The van der Waals surface area contributed by atoms with Crippen molar-refractivity contribution in [3.63, 3.8) is 0 Å². The molecule has 1 atom stereocenters. The number of hydrogen-bond acceptors (Lipinski definition) is 7. The van der Waals surface area contributed by atoms with Crippen LogP contribution in [-0.2, 0) is 28.5 Å². The minimum absolute atomic E-state index is 0.0666. The highest BCUT2D eigenvalue weighted by Gasteiger charge is 2.30. The molecule has 0 radical (unpaired) electrons. The van der Waals surface area contributed by atoms with Gasteiger partial charge in [0, 0.05) is 12.5 Å². The van der Waals surface area contributed by atoms with Crippen LogP contribution in [0.5, 0.6) is 0 Å². The van der Waals surface area contributed by atoms with Gasteiger partial charge in [0.15, 0.2) is 0 Å². The number of ether oxygens (including phenoxy) is 5. The van der Waals surface area contributed by atoms with E-state index in [-0.39, 0.29) is 25.0 Å². The van der Waals surface area contributed by atoms with Crippen LogP contribution < -0.4 is 10.6 Å². The van der Waals surface area contributed by atoms with Crippen LogP contribution in [0.1, 0.15) is 41.5 Å².